The molecule has 0 N–H and O–H groups in total. The van der Waals surface area contributed by atoms with E-state index in [1.807, 2.05) is 48.5 Å². The number of hydrogen-bond donors (Lipinski definition) is 0. The highest BCUT2D eigenvalue weighted by Crippen LogP contribution is 2.30. The number of halogens is 1. The Kier molecular flexibility index (Phi) is 8.48. The standard InChI is InChI=1S/C32H31FN2O4/c1-37-30-12-7-23(16-31(30)39-22-25-13-15-38-21-25)19-35(20-24-4-3-14-34-18-24)32(36)27-10-8-26(9-11-27)28-5-2-6-29(33)17-28/h2-12,14,16-18,25H,13,15,19-22H2,1H3/t25-/m0/s1. The van der Waals surface area contributed by atoms with Crippen molar-refractivity contribution in [3.8, 4) is 22.6 Å². The Morgan fingerprint density at radius 1 is 0.974 bits per heavy atom. The molecule has 1 saturated heterocycles. The van der Waals surface area contributed by atoms with E-state index < -0.39 is 0 Å². The quantitative estimate of drug-likeness (QED) is 0.248. The zero-order valence-electron chi connectivity index (χ0n) is 21.9. The summed E-state index contributed by atoms with van der Waals surface area (Å²) in [5.41, 5.74) is 3.99. The van der Waals surface area contributed by atoms with Gasteiger partial charge in [0.25, 0.3) is 5.91 Å². The number of carbonyl (C=O) groups excluding carboxylic acids is 1. The van der Waals surface area contributed by atoms with E-state index in [1.54, 1.807) is 42.6 Å². The van der Waals surface area contributed by atoms with Gasteiger partial charge in [0.05, 0.1) is 20.3 Å². The van der Waals surface area contributed by atoms with E-state index in [2.05, 4.69) is 4.98 Å². The predicted molar refractivity (Wildman–Crippen MR) is 147 cm³/mol. The summed E-state index contributed by atoms with van der Waals surface area (Å²) >= 11 is 0. The zero-order valence-corrected chi connectivity index (χ0v) is 21.9. The number of methoxy groups -OCH3 is 1. The molecule has 0 aliphatic carbocycles. The Morgan fingerprint density at radius 3 is 2.54 bits per heavy atom. The maximum Gasteiger partial charge on any atom is 0.254 e. The maximum atomic E-state index is 13.7. The van der Waals surface area contributed by atoms with E-state index in [4.69, 9.17) is 14.2 Å². The molecular formula is C32H31FN2O4. The Bertz CT molecular complexity index is 1390. The van der Waals surface area contributed by atoms with Crippen molar-refractivity contribution in [1.29, 1.82) is 0 Å². The molecular weight excluding hydrogens is 495 g/mol. The molecule has 1 atom stereocenters. The van der Waals surface area contributed by atoms with Gasteiger partial charge in [-0.05, 0) is 71.1 Å². The van der Waals surface area contributed by atoms with Gasteiger partial charge in [0.1, 0.15) is 5.82 Å². The molecule has 2 heterocycles. The third kappa shape index (κ3) is 6.81. The molecule has 4 aromatic rings. The van der Waals surface area contributed by atoms with Crippen molar-refractivity contribution in [2.75, 3.05) is 26.9 Å². The van der Waals surface area contributed by atoms with Gasteiger partial charge in [-0.15, -0.1) is 0 Å². The van der Waals surface area contributed by atoms with E-state index >= 15 is 0 Å². The lowest BCUT2D eigenvalue weighted by Gasteiger charge is -2.24. The summed E-state index contributed by atoms with van der Waals surface area (Å²) in [5, 5.41) is 0. The van der Waals surface area contributed by atoms with Crippen LogP contribution in [-0.4, -0.2) is 42.7 Å². The van der Waals surface area contributed by atoms with Gasteiger partial charge in [-0.25, -0.2) is 4.39 Å². The van der Waals surface area contributed by atoms with E-state index in [-0.39, 0.29) is 11.7 Å². The first-order valence-electron chi connectivity index (χ1n) is 13.0. The van der Waals surface area contributed by atoms with Crippen LogP contribution in [0.2, 0.25) is 0 Å². The van der Waals surface area contributed by atoms with Crippen molar-refractivity contribution in [2.24, 2.45) is 5.92 Å². The molecule has 200 valence electrons. The molecule has 7 heteroatoms. The highest BCUT2D eigenvalue weighted by atomic mass is 19.1. The highest BCUT2D eigenvalue weighted by Gasteiger charge is 2.20. The average molecular weight is 527 g/mol. The molecule has 0 radical (unpaired) electrons. The van der Waals surface area contributed by atoms with Crippen molar-refractivity contribution in [1.82, 2.24) is 9.88 Å². The van der Waals surface area contributed by atoms with Gasteiger partial charge in [0.2, 0.25) is 0 Å². The number of benzene rings is 3. The van der Waals surface area contributed by atoms with Gasteiger partial charge in [0, 0.05) is 43.6 Å². The number of amides is 1. The van der Waals surface area contributed by atoms with Gasteiger partial charge in [-0.1, -0.05) is 36.4 Å². The van der Waals surface area contributed by atoms with Crippen molar-refractivity contribution in [2.45, 2.75) is 19.5 Å². The second kappa shape index (κ2) is 12.5. The van der Waals surface area contributed by atoms with Crippen LogP contribution in [0.5, 0.6) is 11.5 Å². The summed E-state index contributed by atoms with van der Waals surface area (Å²) in [4.78, 5) is 19.7. The molecule has 6 nitrogen and oxygen atoms in total. The van der Waals surface area contributed by atoms with Gasteiger partial charge in [0.15, 0.2) is 11.5 Å². The summed E-state index contributed by atoms with van der Waals surface area (Å²) in [5.74, 6) is 1.24. The second-order valence-electron chi connectivity index (χ2n) is 9.64. The number of pyridine rings is 1. The third-order valence-electron chi connectivity index (χ3n) is 6.77. The van der Waals surface area contributed by atoms with Gasteiger partial charge >= 0.3 is 0 Å². The first-order valence-corrected chi connectivity index (χ1v) is 13.0. The topological polar surface area (TPSA) is 60.9 Å². The van der Waals surface area contributed by atoms with Crippen LogP contribution >= 0.6 is 0 Å². The van der Waals surface area contributed by atoms with E-state index in [0.29, 0.717) is 49.3 Å². The average Bonchev–Trinajstić information content (AvgIpc) is 3.50. The molecule has 1 aromatic heterocycles. The number of ether oxygens (including phenoxy) is 3. The molecule has 0 unspecified atom stereocenters. The summed E-state index contributed by atoms with van der Waals surface area (Å²) in [6.07, 6.45) is 4.45. The molecule has 0 bridgehead atoms. The lowest BCUT2D eigenvalue weighted by atomic mass is 10.0. The van der Waals surface area contributed by atoms with Crippen LogP contribution in [-0.2, 0) is 17.8 Å². The second-order valence-corrected chi connectivity index (χ2v) is 9.64. The van der Waals surface area contributed by atoms with Crippen LogP contribution < -0.4 is 9.47 Å². The van der Waals surface area contributed by atoms with Crippen molar-refractivity contribution < 1.29 is 23.4 Å². The molecule has 1 amide bonds. The summed E-state index contributed by atoms with van der Waals surface area (Å²) in [6, 6.07) is 23.2. The molecule has 1 aliphatic heterocycles. The van der Waals surface area contributed by atoms with Crippen molar-refractivity contribution in [3.05, 3.63) is 114 Å². The molecule has 5 rings (SSSR count). The molecule has 3 aromatic carbocycles. The monoisotopic (exact) mass is 526 g/mol. The predicted octanol–water partition coefficient (Wildman–Crippen LogP) is 6.15. The lowest BCUT2D eigenvalue weighted by Crippen LogP contribution is -2.30. The number of nitrogens with zero attached hydrogens (tertiary/aromatic N) is 2. The van der Waals surface area contributed by atoms with Crippen LogP contribution in [0.4, 0.5) is 4.39 Å². The first-order chi connectivity index (χ1) is 19.1. The minimum absolute atomic E-state index is 0.119. The Labute approximate surface area is 228 Å². The Hall–Kier alpha value is -4.23. The fourth-order valence-corrected chi connectivity index (χ4v) is 4.64. The maximum absolute atomic E-state index is 13.7. The lowest BCUT2D eigenvalue weighted by molar-refractivity contribution is 0.0729. The molecule has 0 spiro atoms. The largest absolute Gasteiger partial charge is 0.493 e. The molecule has 1 aliphatic rings. The van der Waals surface area contributed by atoms with Gasteiger partial charge < -0.3 is 19.1 Å². The van der Waals surface area contributed by atoms with Gasteiger partial charge in [-0.2, -0.15) is 0 Å². The number of rotatable bonds is 10. The van der Waals surface area contributed by atoms with Crippen LogP contribution in [0.3, 0.4) is 0 Å². The zero-order chi connectivity index (χ0) is 27.0. The SMILES string of the molecule is COc1ccc(CN(Cc2cccnc2)C(=O)c2ccc(-c3cccc(F)c3)cc2)cc1OC[C@H]1CCOC1. The Balaban J connectivity index is 1.37. The normalized spacial score (nSPS) is 14.7. The highest BCUT2D eigenvalue weighted by molar-refractivity contribution is 5.94. The molecule has 39 heavy (non-hydrogen) atoms. The third-order valence-corrected chi connectivity index (χ3v) is 6.77. The van der Waals surface area contributed by atoms with Crippen molar-refractivity contribution in [3.63, 3.8) is 0 Å². The first kappa shape index (κ1) is 26.4. The smallest absolute Gasteiger partial charge is 0.254 e. The summed E-state index contributed by atoms with van der Waals surface area (Å²) in [6.45, 7) is 2.77. The van der Waals surface area contributed by atoms with E-state index in [1.165, 1.54) is 12.1 Å². The van der Waals surface area contributed by atoms with Crippen LogP contribution in [0.15, 0.2) is 91.3 Å². The number of aromatic nitrogens is 1. The minimum Gasteiger partial charge on any atom is -0.493 e. The van der Waals surface area contributed by atoms with E-state index in [0.717, 1.165) is 35.3 Å². The summed E-state index contributed by atoms with van der Waals surface area (Å²) in [7, 11) is 1.62. The molecule has 0 saturated carbocycles. The van der Waals surface area contributed by atoms with Crippen LogP contribution in [0.1, 0.15) is 27.9 Å². The summed E-state index contributed by atoms with van der Waals surface area (Å²) < 4.78 is 30.8. The van der Waals surface area contributed by atoms with Crippen LogP contribution in [0, 0.1) is 11.7 Å². The van der Waals surface area contributed by atoms with Crippen LogP contribution in [0.25, 0.3) is 11.1 Å². The number of carbonyl (C=O) groups is 1. The molecule has 1 fully saturated rings. The van der Waals surface area contributed by atoms with Gasteiger partial charge in [-0.3, -0.25) is 9.78 Å². The fourth-order valence-electron chi connectivity index (χ4n) is 4.64. The minimum atomic E-state index is -0.297. The van der Waals surface area contributed by atoms with Crippen molar-refractivity contribution >= 4 is 5.91 Å². The Morgan fingerprint density at radius 2 is 1.82 bits per heavy atom. The van der Waals surface area contributed by atoms with E-state index in [9.17, 15) is 9.18 Å². The number of hydrogen-bond acceptors (Lipinski definition) is 5. The fraction of sp³-hybridized carbons (Fsp3) is 0.250.